The highest BCUT2D eigenvalue weighted by atomic mass is 32.1. The van der Waals surface area contributed by atoms with Gasteiger partial charge in [0.1, 0.15) is 10.9 Å². The highest BCUT2D eigenvalue weighted by molar-refractivity contribution is 7.09. The number of nitrogens with one attached hydrogen (secondary N) is 1. The first kappa shape index (κ1) is 39.1. The number of ether oxygens (including phenoxy) is 2. The molecule has 10 heteroatoms. The van der Waals surface area contributed by atoms with Crippen molar-refractivity contribution in [3.8, 4) is 0 Å². The number of hydrogen-bond donors (Lipinski definition) is 1. The molecule has 276 valence electrons. The Morgan fingerprint density at radius 3 is 2.33 bits per heavy atom. The maximum atomic E-state index is 14.3. The number of hydrogen-bond acceptors (Lipinski definition) is 6. The van der Waals surface area contributed by atoms with E-state index in [2.05, 4.69) is 37.9 Å². The summed E-state index contributed by atoms with van der Waals surface area (Å²) in [5.41, 5.74) is 2.08. The zero-order chi connectivity index (χ0) is 35.6. The number of aromatic nitrogens is 1. The number of piperidine rings is 1. The number of likely N-dealkylation sites (tertiary alicyclic amines) is 2. The summed E-state index contributed by atoms with van der Waals surface area (Å²) in [6.07, 6.45) is 16.7. The second-order valence-electron chi connectivity index (χ2n) is 14.6. The average Bonchev–Trinajstić information content (AvgIpc) is 3.47. The van der Waals surface area contributed by atoms with Gasteiger partial charge in [-0.05, 0) is 76.7 Å². The van der Waals surface area contributed by atoms with Gasteiger partial charge in [-0.25, -0.2) is 0 Å². The Morgan fingerprint density at radius 1 is 1.08 bits per heavy atom. The predicted molar refractivity (Wildman–Crippen MR) is 200 cm³/mol. The van der Waals surface area contributed by atoms with Crippen molar-refractivity contribution in [3.05, 3.63) is 47.0 Å². The minimum absolute atomic E-state index is 0. The van der Waals surface area contributed by atoms with E-state index >= 15 is 0 Å². The SMILES string of the molecule is C=C/C(=C\C=C(C)C)C1CCN(C(=O)[C@@H](NC(=O)C2CN(C(=O)c3cn(C)s3)CC23CCOCC3)[C@@H](C)OCC2CCCCC2)CC1.CC.[HH]. The smallest absolute Gasteiger partial charge is 0.267 e. The summed E-state index contributed by atoms with van der Waals surface area (Å²) in [5.74, 6) is 0.171. The van der Waals surface area contributed by atoms with Gasteiger partial charge in [-0.1, -0.05) is 75.0 Å². The third kappa shape index (κ3) is 9.97. The van der Waals surface area contributed by atoms with Crippen molar-refractivity contribution >= 4 is 29.3 Å². The fourth-order valence-corrected chi connectivity index (χ4v) is 8.70. The molecule has 1 saturated carbocycles. The van der Waals surface area contributed by atoms with Gasteiger partial charge in [0.2, 0.25) is 11.8 Å². The van der Waals surface area contributed by atoms with E-state index < -0.39 is 18.1 Å². The molecule has 3 atom stereocenters. The van der Waals surface area contributed by atoms with Crippen LogP contribution in [-0.4, -0.2) is 89.6 Å². The molecule has 0 radical (unpaired) electrons. The largest absolute Gasteiger partial charge is 0.381 e. The van der Waals surface area contributed by atoms with Gasteiger partial charge in [-0.15, -0.1) is 0 Å². The minimum atomic E-state index is -0.789. The first-order chi connectivity index (χ1) is 23.6. The van der Waals surface area contributed by atoms with Crippen molar-refractivity contribution < 1.29 is 25.3 Å². The van der Waals surface area contributed by atoms with Crippen molar-refractivity contribution in [2.24, 2.45) is 30.2 Å². The summed E-state index contributed by atoms with van der Waals surface area (Å²) >= 11 is 1.43. The molecule has 1 aromatic heterocycles. The van der Waals surface area contributed by atoms with Crippen LogP contribution in [0.4, 0.5) is 0 Å². The van der Waals surface area contributed by atoms with E-state index in [4.69, 9.17) is 9.47 Å². The van der Waals surface area contributed by atoms with Gasteiger partial charge in [-0.2, -0.15) is 0 Å². The Balaban J connectivity index is 0.00000221. The summed E-state index contributed by atoms with van der Waals surface area (Å²) in [6.45, 7) is 18.0. The lowest BCUT2D eigenvalue weighted by molar-refractivity contribution is -0.144. The lowest BCUT2D eigenvalue weighted by atomic mass is 9.71. The van der Waals surface area contributed by atoms with Gasteiger partial charge >= 0.3 is 0 Å². The second kappa shape index (κ2) is 18.5. The molecule has 9 nitrogen and oxygen atoms in total. The van der Waals surface area contributed by atoms with Gasteiger partial charge in [0.05, 0.1) is 12.0 Å². The third-order valence-corrected chi connectivity index (χ3v) is 11.8. The van der Waals surface area contributed by atoms with Crippen LogP contribution in [0.3, 0.4) is 0 Å². The van der Waals surface area contributed by atoms with E-state index in [0.29, 0.717) is 75.6 Å². The number of carbonyl (C=O) groups is 3. The number of allylic oxidation sites excluding steroid dienone is 5. The fraction of sp³-hybridized carbons (Fsp3) is 0.718. The van der Waals surface area contributed by atoms with E-state index in [0.717, 1.165) is 25.7 Å². The van der Waals surface area contributed by atoms with E-state index in [9.17, 15) is 14.4 Å². The maximum Gasteiger partial charge on any atom is 0.267 e. The Kier molecular flexibility index (Phi) is 14.8. The molecule has 49 heavy (non-hydrogen) atoms. The van der Waals surface area contributed by atoms with Crippen LogP contribution < -0.4 is 5.32 Å². The molecule has 0 aromatic carbocycles. The van der Waals surface area contributed by atoms with Crippen LogP contribution >= 0.6 is 11.5 Å². The average molecular weight is 701 g/mol. The van der Waals surface area contributed by atoms with Gasteiger partial charge in [0.25, 0.3) is 5.91 Å². The Hall–Kier alpha value is -2.69. The van der Waals surface area contributed by atoms with Crippen LogP contribution in [0.5, 0.6) is 0 Å². The number of nitrogens with zero attached hydrogens (tertiary/aromatic N) is 3. The molecule has 1 unspecified atom stereocenters. The van der Waals surface area contributed by atoms with E-state index in [1.165, 1.54) is 41.9 Å². The van der Waals surface area contributed by atoms with Crippen LogP contribution in [0.1, 0.15) is 104 Å². The molecule has 1 N–H and O–H groups in total. The normalized spacial score (nSPS) is 23.0. The van der Waals surface area contributed by atoms with Crippen LogP contribution in [0, 0.1) is 23.2 Å². The Morgan fingerprint density at radius 2 is 1.73 bits per heavy atom. The molecule has 1 spiro atoms. The van der Waals surface area contributed by atoms with E-state index in [1.807, 2.05) is 53.8 Å². The van der Waals surface area contributed by atoms with Crippen molar-refractivity contribution in [2.45, 2.75) is 105 Å². The van der Waals surface area contributed by atoms with Gasteiger partial charge in [0.15, 0.2) is 0 Å². The van der Waals surface area contributed by atoms with E-state index in [-0.39, 0.29) is 24.6 Å². The number of aryl methyl sites for hydroxylation is 1. The minimum Gasteiger partial charge on any atom is -0.381 e. The summed E-state index contributed by atoms with van der Waals surface area (Å²) in [4.78, 5) is 46.5. The van der Waals surface area contributed by atoms with Crippen molar-refractivity contribution in [3.63, 3.8) is 0 Å². The number of carbonyl (C=O) groups excluding carboxylic acids is 3. The van der Waals surface area contributed by atoms with Gasteiger partial charge in [-0.3, -0.25) is 14.4 Å². The Bertz CT molecular complexity index is 1300. The molecule has 1 aromatic rings. The molecule has 0 bridgehead atoms. The molecule has 1 aliphatic carbocycles. The third-order valence-electron chi connectivity index (χ3n) is 11.0. The monoisotopic (exact) mass is 700 g/mol. The fourth-order valence-electron chi connectivity index (χ4n) is 7.98. The quantitative estimate of drug-likeness (QED) is 0.251. The molecule has 5 rings (SSSR count). The van der Waals surface area contributed by atoms with Gasteiger partial charge < -0.3 is 28.5 Å². The zero-order valence-corrected chi connectivity index (χ0v) is 31.8. The van der Waals surface area contributed by atoms with Crippen molar-refractivity contribution in [1.29, 1.82) is 0 Å². The van der Waals surface area contributed by atoms with E-state index in [1.54, 1.807) is 0 Å². The molecule has 4 fully saturated rings. The van der Waals surface area contributed by atoms with Crippen LogP contribution in [0.2, 0.25) is 0 Å². The first-order valence-electron chi connectivity index (χ1n) is 18.8. The van der Waals surface area contributed by atoms with Gasteiger partial charge in [0, 0.05) is 66.1 Å². The molecule has 3 amide bonds. The molecule has 3 saturated heterocycles. The molecular weight excluding hydrogens is 637 g/mol. The summed E-state index contributed by atoms with van der Waals surface area (Å²) < 4.78 is 14.0. The Labute approximate surface area is 300 Å². The molecule has 3 aliphatic heterocycles. The lowest BCUT2D eigenvalue weighted by Gasteiger charge is -2.39. The lowest BCUT2D eigenvalue weighted by Crippen LogP contribution is -2.58. The molecule has 4 heterocycles. The summed E-state index contributed by atoms with van der Waals surface area (Å²) in [6, 6.07) is -0.789. The zero-order valence-electron chi connectivity index (χ0n) is 31.0. The second-order valence-corrected chi connectivity index (χ2v) is 15.8. The van der Waals surface area contributed by atoms with Crippen LogP contribution in [-0.2, 0) is 26.1 Å². The molecule has 4 aliphatic rings. The highest BCUT2D eigenvalue weighted by Gasteiger charge is 2.53. The molecular formula is C39H64N4O5S. The highest BCUT2D eigenvalue weighted by Crippen LogP contribution is 2.45. The summed E-state index contributed by atoms with van der Waals surface area (Å²) in [7, 11) is 1.92. The van der Waals surface area contributed by atoms with Crippen LogP contribution in [0.25, 0.3) is 0 Å². The van der Waals surface area contributed by atoms with Crippen molar-refractivity contribution in [2.75, 3.05) is 46.0 Å². The van der Waals surface area contributed by atoms with Crippen LogP contribution in [0.15, 0.2) is 42.2 Å². The number of amides is 3. The number of rotatable bonds is 11. The predicted octanol–water partition coefficient (Wildman–Crippen LogP) is 7.02. The van der Waals surface area contributed by atoms with Crippen molar-refractivity contribution in [1.82, 2.24) is 19.1 Å². The maximum absolute atomic E-state index is 14.3. The topological polar surface area (TPSA) is 93.1 Å². The first-order valence-corrected chi connectivity index (χ1v) is 19.6. The summed E-state index contributed by atoms with van der Waals surface area (Å²) in [5, 5.41) is 3.22. The standard InChI is InChI=1S/C37H56N4O5S.C2H6.H2/c1-6-29(13-12-26(2)3)30-14-18-40(19-15-30)36(44)33(27(4)46-24-28-10-8-7-9-11-28)38-34(42)31-22-41(35(43)32-23-39(5)47-32)25-37(31)16-20-45-21-17-37;1-2;/h6,12-13,23,27-28,30-31,33H,1,7-11,14-22,24-25H2,2-5H3,(H,38,42);1-2H3;1H/b29-13+;;/t27-,31?,33+;;/m1../s1.